The number of hydrogen-bond donors (Lipinski definition) is 3. The molecule has 0 rings (SSSR count). The van der Waals surface area contributed by atoms with Gasteiger partial charge in [-0.15, -0.1) is 0 Å². The largest absolute Gasteiger partial charge is 0.481 e. The smallest absolute Gasteiger partial charge is 0.332 e. The Labute approximate surface area is 79.5 Å². The van der Waals surface area contributed by atoms with E-state index in [4.69, 9.17) is 15.3 Å². The van der Waals surface area contributed by atoms with Crippen LogP contribution in [0.15, 0.2) is 11.6 Å². The first-order chi connectivity index (χ1) is 6.19. The van der Waals surface area contributed by atoms with Crippen molar-refractivity contribution in [2.75, 3.05) is 0 Å². The molecule has 0 saturated carbocycles. The highest BCUT2D eigenvalue weighted by atomic mass is 16.4. The molecule has 0 aromatic rings. The topological polar surface area (TPSA) is 112 Å². The van der Waals surface area contributed by atoms with E-state index in [0.717, 1.165) is 13.8 Å². The minimum atomic E-state index is -1.73. The zero-order valence-electron chi connectivity index (χ0n) is 7.64. The Morgan fingerprint density at radius 3 is 1.71 bits per heavy atom. The number of aliphatic carboxylic acids is 3. The van der Waals surface area contributed by atoms with Crippen LogP contribution in [0, 0.1) is 5.41 Å². The molecule has 0 amide bonds. The summed E-state index contributed by atoms with van der Waals surface area (Å²) in [5.41, 5.74) is -2.40. The fourth-order valence-electron chi connectivity index (χ4n) is 0.748. The molecule has 0 spiro atoms. The van der Waals surface area contributed by atoms with Crippen LogP contribution in [0.25, 0.3) is 0 Å². The van der Waals surface area contributed by atoms with E-state index in [-0.39, 0.29) is 0 Å². The van der Waals surface area contributed by atoms with Crippen molar-refractivity contribution < 1.29 is 29.7 Å². The molecule has 0 aromatic carbocycles. The van der Waals surface area contributed by atoms with E-state index < -0.39 is 28.9 Å². The second kappa shape index (κ2) is 3.91. The highest BCUT2D eigenvalue weighted by Gasteiger charge is 2.36. The lowest BCUT2D eigenvalue weighted by Crippen LogP contribution is -2.30. The molecule has 0 fully saturated rings. The molecule has 6 heteroatoms. The van der Waals surface area contributed by atoms with Crippen molar-refractivity contribution >= 4 is 17.9 Å². The maximum Gasteiger partial charge on any atom is 0.332 e. The number of hydrogen-bond acceptors (Lipinski definition) is 3. The van der Waals surface area contributed by atoms with Gasteiger partial charge in [0, 0.05) is 6.08 Å². The summed E-state index contributed by atoms with van der Waals surface area (Å²) in [4.78, 5) is 31.5. The monoisotopic (exact) mass is 202 g/mol. The molecule has 3 N–H and O–H groups in total. The number of rotatable bonds is 4. The molecule has 0 radical (unpaired) electrons. The molecule has 0 aliphatic rings. The Balaban J connectivity index is 5.34. The molecule has 6 nitrogen and oxygen atoms in total. The third-order valence-electron chi connectivity index (χ3n) is 1.71. The van der Waals surface area contributed by atoms with E-state index in [2.05, 4.69) is 0 Å². The number of carboxylic acid groups (broad SMARTS) is 3. The van der Waals surface area contributed by atoms with E-state index in [1.807, 2.05) is 0 Å². The summed E-state index contributed by atoms with van der Waals surface area (Å²) in [5, 5.41) is 25.6. The SMILES string of the molecule is CC(C)(C(=O)O)C(=CC(=O)O)C(=O)O. The van der Waals surface area contributed by atoms with Gasteiger partial charge in [0.15, 0.2) is 0 Å². The molecule has 0 saturated heterocycles. The van der Waals surface area contributed by atoms with E-state index in [1.165, 1.54) is 0 Å². The lowest BCUT2D eigenvalue weighted by molar-refractivity contribution is -0.148. The van der Waals surface area contributed by atoms with E-state index in [0.29, 0.717) is 6.08 Å². The first-order valence-corrected chi connectivity index (χ1v) is 3.61. The van der Waals surface area contributed by atoms with Crippen molar-refractivity contribution in [3.05, 3.63) is 11.6 Å². The van der Waals surface area contributed by atoms with Gasteiger partial charge >= 0.3 is 17.9 Å². The van der Waals surface area contributed by atoms with Crippen LogP contribution in [0.4, 0.5) is 0 Å². The number of carbonyl (C=O) groups is 3. The normalized spacial score (nSPS) is 12.3. The summed E-state index contributed by atoms with van der Waals surface area (Å²) in [6.45, 7) is 2.25. The predicted molar refractivity (Wildman–Crippen MR) is 44.8 cm³/mol. The first kappa shape index (κ1) is 12.2. The summed E-state index contributed by atoms with van der Waals surface area (Å²) < 4.78 is 0. The van der Waals surface area contributed by atoms with Gasteiger partial charge in [0.2, 0.25) is 0 Å². The zero-order valence-corrected chi connectivity index (χ0v) is 7.64. The lowest BCUT2D eigenvalue weighted by Gasteiger charge is -2.19. The van der Waals surface area contributed by atoms with Gasteiger partial charge in [0.1, 0.15) is 0 Å². The Bertz CT molecular complexity index is 312. The first-order valence-electron chi connectivity index (χ1n) is 3.61. The molecule has 0 aromatic heterocycles. The van der Waals surface area contributed by atoms with Gasteiger partial charge in [-0.2, -0.15) is 0 Å². The van der Waals surface area contributed by atoms with Gasteiger partial charge in [-0.25, -0.2) is 9.59 Å². The van der Waals surface area contributed by atoms with Crippen LogP contribution in [0.2, 0.25) is 0 Å². The fourth-order valence-corrected chi connectivity index (χ4v) is 0.748. The highest BCUT2D eigenvalue weighted by molar-refractivity contribution is 6.00. The average molecular weight is 202 g/mol. The van der Waals surface area contributed by atoms with Crippen LogP contribution < -0.4 is 0 Å². The van der Waals surface area contributed by atoms with Crippen molar-refractivity contribution in [1.29, 1.82) is 0 Å². The summed E-state index contributed by atoms with van der Waals surface area (Å²) in [6.07, 6.45) is 0.385. The molecular weight excluding hydrogens is 192 g/mol. The third kappa shape index (κ3) is 2.58. The van der Waals surface area contributed by atoms with Gasteiger partial charge < -0.3 is 15.3 Å². The second-order valence-electron chi connectivity index (χ2n) is 3.13. The minimum absolute atomic E-state index is 0.385. The van der Waals surface area contributed by atoms with Crippen LogP contribution in [0.3, 0.4) is 0 Å². The van der Waals surface area contributed by atoms with Gasteiger partial charge in [-0.05, 0) is 13.8 Å². The Hall–Kier alpha value is -1.85. The summed E-state index contributed by atoms with van der Waals surface area (Å²) in [7, 11) is 0. The van der Waals surface area contributed by atoms with Gasteiger partial charge in [-0.1, -0.05) is 0 Å². The highest BCUT2D eigenvalue weighted by Crippen LogP contribution is 2.26. The zero-order chi connectivity index (χ0) is 11.5. The van der Waals surface area contributed by atoms with Crippen molar-refractivity contribution in [2.24, 2.45) is 5.41 Å². The van der Waals surface area contributed by atoms with Crippen molar-refractivity contribution in [3.8, 4) is 0 Å². The summed E-state index contributed by atoms with van der Waals surface area (Å²) >= 11 is 0. The Kier molecular flexibility index (Phi) is 3.39. The van der Waals surface area contributed by atoms with Crippen LogP contribution in [-0.4, -0.2) is 33.2 Å². The van der Waals surface area contributed by atoms with Crippen molar-refractivity contribution in [1.82, 2.24) is 0 Å². The third-order valence-corrected chi connectivity index (χ3v) is 1.71. The molecule has 0 aliphatic carbocycles. The molecule has 0 unspecified atom stereocenters. The van der Waals surface area contributed by atoms with Gasteiger partial charge in [-0.3, -0.25) is 4.79 Å². The van der Waals surface area contributed by atoms with E-state index in [9.17, 15) is 14.4 Å². The second-order valence-corrected chi connectivity index (χ2v) is 3.13. The van der Waals surface area contributed by atoms with Crippen molar-refractivity contribution in [2.45, 2.75) is 13.8 Å². The molecule has 0 aliphatic heterocycles. The quantitative estimate of drug-likeness (QED) is 0.561. The Morgan fingerprint density at radius 2 is 1.50 bits per heavy atom. The van der Waals surface area contributed by atoms with Crippen molar-refractivity contribution in [3.63, 3.8) is 0 Å². The molecule has 0 atom stereocenters. The maximum absolute atomic E-state index is 10.7. The van der Waals surface area contributed by atoms with Crippen LogP contribution in [0.1, 0.15) is 13.8 Å². The predicted octanol–water partition coefficient (Wildman–Crippen LogP) is 0.193. The molecule has 14 heavy (non-hydrogen) atoms. The average Bonchev–Trinajstić information content (AvgIpc) is 1.98. The summed E-state index contributed by atoms with van der Waals surface area (Å²) in [5.74, 6) is -4.44. The molecule has 0 bridgehead atoms. The maximum atomic E-state index is 10.7. The molecular formula is C8H10O6. The molecule has 0 heterocycles. The van der Waals surface area contributed by atoms with Crippen LogP contribution >= 0.6 is 0 Å². The minimum Gasteiger partial charge on any atom is -0.481 e. The summed E-state index contributed by atoms with van der Waals surface area (Å²) in [6, 6.07) is 0. The van der Waals surface area contributed by atoms with E-state index >= 15 is 0 Å². The van der Waals surface area contributed by atoms with Crippen LogP contribution in [-0.2, 0) is 14.4 Å². The molecule has 78 valence electrons. The van der Waals surface area contributed by atoms with Gasteiger partial charge in [0.25, 0.3) is 0 Å². The Morgan fingerprint density at radius 1 is 1.07 bits per heavy atom. The lowest BCUT2D eigenvalue weighted by atomic mass is 9.84. The number of carboxylic acids is 3. The van der Waals surface area contributed by atoms with Crippen LogP contribution in [0.5, 0.6) is 0 Å². The van der Waals surface area contributed by atoms with Gasteiger partial charge in [0.05, 0.1) is 11.0 Å². The fraction of sp³-hybridized carbons (Fsp3) is 0.375. The van der Waals surface area contributed by atoms with E-state index in [1.54, 1.807) is 0 Å². The standard InChI is InChI=1S/C8H10O6/c1-8(2,7(13)14)4(6(11)12)3-5(9)10/h3H,1-2H3,(H,9,10)(H,11,12)(H,13,14).